The van der Waals surface area contributed by atoms with Gasteiger partial charge in [-0.1, -0.05) is 41.9 Å². The number of nitrogens with zero attached hydrogens (tertiary/aromatic N) is 2. The lowest BCUT2D eigenvalue weighted by atomic mass is 10.1. The molecule has 0 unspecified atom stereocenters. The van der Waals surface area contributed by atoms with Crippen LogP contribution >= 0.6 is 22.9 Å². The second-order valence-corrected chi connectivity index (χ2v) is 8.23. The summed E-state index contributed by atoms with van der Waals surface area (Å²) in [7, 11) is 0. The van der Waals surface area contributed by atoms with Crippen molar-refractivity contribution in [1.82, 2.24) is 9.55 Å². The van der Waals surface area contributed by atoms with Gasteiger partial charge in [0.15, 0.2) is 0 Å². The van der Waals surface area contributed by atoms with E-state index in [0.29, 0.717) is 22.8 Å². The van der Waals surface area contributed by atoms with Crippen LogP contribution in [0.1, 0.15) is 20.9 Å². The van der Waals surface area contributed by atoms with Crippen LogP contribution in [-0.4, -0.2) is 15.5 Å². The van der Waals surface area contributed by atoms with Crippen LogP contribution in [0.5, 0.6) is 0 Å². The Morgan fingerprint density at radius 2 is 1.87 bits per heavy atom. The molecule has 0 radical (unpaired) electrons. The van der Waals surface area contributed by atoms with Crippen molar-refractivity contribution in [2.24, 2.45) is 0 Å². The lowest BCUT2D eigenvalue weighted by Gasteiger charge is -2.10. The number of halogens is 1. The third-order valence-electron chi connectivity index (χ3n) is 4.60. The van der Waals surface area contributed by atoms with Crippen molar-refractivity contribution in [3.05, 3.63) is 104 Å². The molecule has 2 aromatic carbocycles. The van der Waals surface area contributed by atoms with E-state index in [1.807, 2.05) is 54.8 Å². The molecule has 30 heavy (non-hydrogen) atoms. The van der Waals surface area contributed by atoms with E-state index in [9.17, 15) is 9.59 Å². The molecule has 2 heterocycles. The van der Waals surface area contributed by atoms with Gasteiger partial charge in [-0.15, -0.1) is 11.3 Å². The van der Waals surface area contributed by atoms with Crippen LogP contribution < -0.4 is 10.9 Å². The van der Waals surface area contributed by atoms with Crippen molar-refractivity contribution in [3.63, 3.8) is 0 Å². The number of hydrogen-bond donors (Lipinski definition) is 1. The number of carbonyl (C=O) groups excluding carboxylic acids is 1. The Morgan fingerprint density at radius 3 is 2.57 bits per heavy atom. The van der Waals surface area contributed by atoms with E-state index in [2.05, 4.69) is 10.3 Å². The zero-order valence-corrected chi connectivity index (χ0v) is 17.7. The smallest absolute Gasteiger partial charge is 0.257 e. The first-order valence-corrected chi connectivity index (χ1v) is 10.5. The van der Waals surface area contributed by atoms with Gasteiger partial charge in [0.2, 0.25) is 0 Å². The van der Waals surface area contributed by atoms with E-state index in [4.69, 9.17) is 11.6 Å². The summed E-state index contributed by atoms with van der Waals surface area (Å²) in [5.41, 5.74) is 3.58. The number of benzene rings is 2. The van der Waals surface area contributed by atoms with Crippen molar-refractivity contribution in [2.45, 2.75) is 13.5 Å². The van der Waals surface area contributed by atoms with Crippen molar-refractivity contribution >= 4 is 34.5 Å². The van der Waals surface area contributed by atoms with Gasteiger partial charge in [-0.2, -0.15) is 0 Å². The summed E-state index contributed by atoms with van der Waals surface area (Å²) in [4.78, 5) is 29.4. The van der Waals surface area contributed by atoms with Gasteiger partial charge in [0.1, 0.15) is 0 Å². The lowest BCUT2D eigenvalue weighted by Crippen LogP contribution is -2.22. The molecule has 0 fully saturated rings. The number of anilines is 1. The largest absolute Gasteiger partial charge is 0.322 e. The molecule has 7 heteroatoms. The number of nitrogens with one attached hydrogen (secondary N) is 1. The molecule has 0 aliphatic heterocycles. The summed E-state index contributed by atoms with van der Waals surface area (Å²) in [5.74, 6) is -0.292. The Labute approximate surface area is 182 Å². The molecule has 0 aliphatic carbocycles. The van der Waals surface area contributed by atoms with Crippen LogP contribution in [0.15, 0.2) is 77.0 Å². The van der Waals surface area contributed by atoms with Gasteiger partial charge in [0.25, 0.3) is 11.5 Å². The molecule has 0 atom stereocenters. The van der Waals surface area contributed by atoms with E-state index in [1.165, 1.54) is 16.7 Å². The number of aryl methyl sites for hydroxylation is 1. The van der Waals surface area contributed by atoms with Crippen LogP contribution in [0, 0.1) is 6.92 Å². The van der Waals surface area contributed by atoms with Crippen LogP contribution in [0.3, 0.4) is 0 Å². The monoisotopic (exact) mass is 435 g/mol. The molecule has 1 N–H and O–H groups in total. The Kier molecular flexibility index (Phi) is 5.79. The second-order valence-electron chi connectivity index (χ2n) is 6.76. The third-order valence-corrected chi connectivity index (χ3v) is 5.74. The average Bonchev–Trinajstić information content (AvgIpc) is 3.18. The van der Waals surface area contributed by atoms with Gasteiger partial charge >= 0.3 is 0 Å². The molecule has 4 rings (SSSR count). The van der Waals surface area contributed by atoms with Crippen LogP contribution in [0.25, 0.3) is 11.3 Å². The molecule has 5 nitrogen and oxygen atoms in total. The summed E-state index contributed by atoms with van der Waals surface area (Å²) in [6.45, 7) is 2.26. The number of aromatic nitrogens is 2. The number of pyridine rings is 1. The highest BCUT2D eigenvalue weighted by molar-refractivity contribution is 7.09. The molecule has 0 aliphatic rings. The maximum Gasteiger partial charge on any atom is 0.257 e. The van der Waals surface area contributed by atoms with Gasteiger partial charge < -0.3 is 9.88 Å². The zero-order chi connectivity index (χ0) is 21.1. The van der Waals surface area contributed by atoms with Crippen molar-refractivity contribution in [3.8, 4) is 11.3 Å². The SMILES string of the molecule is Cc1nc(-c2ccc(NC(=O)c3ccc(=O)n(Cc4ccccc4Cl)c3)cc2)cs1. The van der Waals surface area contributed by atoms with Crippen molar-refractivity contribution < 1.29 is 4.79 Å². The highest BCUT2D eigenvalue weighted by Gasteiger charge is 2.10. The van der Waals surface area contributed by atoms with E-state index in [0.717, 1.165) is 21.8 Å². The van der Waals surface area contributed by atoms with Gasteiger partial charge in [-0.05, 0) is 36.8 Å². The lowest BCUT2D eigenvalue weighted by molar-refractivity contribution is 0.102. The number of thiazole rings is 1. The van der Waals surface area contributed by atoms with Gasteiger partial charge in [-0.3, -0.25) is 9.59 Å². The molecule has 0 saturated carbocycles. The summed E-state index contributed by atoms with van der Waals surface area (Å²) in [6, 6.07) is 17.7. The predicted molar refractivity (Wildman–Crippen MR) is 121 cm³/mol. The topological polar surface area (TPSA) is 64.0 Å². The summed E-state index contributed by atoms with van der Waals surface area (Å²) in [6.07, 6.45) is 1.55. The van der Waals surface area contributed by atoms with Crippen LogP contribution in [0.4, 0.5) is 5.69 Å². The third kappa shape index (κ3) is 4.50. The number of rotatable bonds is 5. The van der Waals surface area contributed by atoms with Crippen LogP contribution in [0.2, 0.25) is 5.02 Å². The highest BCUT2D eigenvalue weighted by Crippen LogP contribution is 2.23. The maximum atomic E-state index is 12.7. The summed E-state index contributed by atoms with van der Waals surface area (Å²) >= 11 is 7.79. The average molecular weight is 436 g/mol. The van der Waals surface area contributed by atoms with Crippen molar-refractivity contribution in [1.29, 1.82) is 0 Å². The molecule has 0 saturated heterocycles. The molecular formula is C23H18ClN3O2S. The normalized spacial score (nSPS) is 10.7. The molecule has 4 aromatic rings. The molecular weight excluding hydrogens is 418 g/mol. The van der Waals surface area contributed by atoms with Gasteiger partial charge in [-0.25, -0.2) is 4.98 Å². The summed E-state index contributed by atoms with van der Waals surface area (Å²) in [5, 5.41) is 6.46. The van der Waals surface area contributed by atoms with Crippen LogP contribution in [-0.2, 0) is 6.54 Å². The fourth-order valence-corrected chi connectivity index (χ4v) is 3.84. The minimum Gasteiger partial charge on any atom is -0.322 e. The van der Waals surface area contributed by atoms with Gasteiger partial charge in [0, 0.05) is 33.9 Å². The van der Waals surface area contributed by atoms with Crippen molar-refractivity contribution in [2.75, 3.05) is 5.32 Å². The van der Waals surface area contributed by atoms with E-state index in [-0.39, 0.29) is 11.5 Å². The second kappa shape index (κ2) is 8.65. The minimum absolute atomic E-state index is 0.200. The molecule has 0 bridgehead atoms. The first kappa shape index (κ1) is 20.1. The summed E-state index contributed by atoms with van der Waals surface area (Å²) < 4.78 is 1.48. The Balaban J connectivity index is 1.51. The number of hydrogen-bond acceptors (Lipinski definition) is 4. The molecule has 0 spiro atoms. The number of amides is 1. The van der Waals surface area contributed by atoms with E-state index in [1.54, 1.807) is 23.6 Å². The van der Waals surface area contributed by atoms with Gasteiger partial charge in [0.05, 0.1) is 22.8 Å². The maximum absolute atomic E-state index is 12.7. The molecule has 2 aromatic heterocycles. The number of carbonyl (C=O) groups is 1. The fraction of sp³-hybridized carbons (Fsp3) is 0.0870. The van der Waals surface area contributed by atoms with E-state index >= 15 is 0 Å². The Hall–Kier alpha value is -3.22. The first-order chi connectivity index (χ1) is 14.5. The minimum atomic E-state index is -0.292. The first-order valence-electron chi connectivity index (χ1n) is 9.27. The standard InChI is InChI=1S/C23H18ClN3O2S/c1-15-25-21(14-30-15)16-6-9-19(10-7-16)26-23(29)18-8-11-22(28)27(13-18)12-17-4-2-3-5-20(17)24/h2-11,13-14H,12H2,1H3,(H,26,29). The zero-order valence-electron chi connectivity index (χ0n) is 16.1. The highest BCUT2D eigenvalue weighted by atomic mass is 35.5. The molecule has 1 amide bonds. The Morgan fingerprint density at radius 1 is 1.10 bits per heavy atom. The predicted octanol–water partition coefficient (Wildman–Crippen LogP) is 5.23. The van der Waals surface area contributed by atoms with E-state index < -0.39 is 0 Å². The Bertz CT molecular complexity index is 1260. The quantitative estimate of drug-likeness (QED) is 0.466. The fourth-order valence-electron chi connectivity index (χ4n) is 3.02. The molecule has 150 valence electrons.